The molecule has 8 nitrogen and oxygen atoms in total. The molecular formula is C24H24Cl2N6O2. The Kier molecular flexibility index (Phi) is 6.10. The van der Waals surface area contributed by atoms with Crippen LogP contribution in [0.15, 0.2) is 48.8 Å². The van der Waals surface area contributed by atoms with Crippen LogP contribution < -0.4 is 9.64 Å². The Labute approximate surface area is 207 Å². The van der Waals surface area contributed by atoms with Gasteiger partial charge in [0.25, 0.3) is 0 Å². The number of carbonyl (C=O) groups excluding carboxylic acids is 1. The molecule has 1 aliphatic rings. The first-order valence-corrected chi connectivity index (χ1v) is 11.7. The molecule has 2 aromatic carbocycles. The molecule has 4 aromatic rings. The Morgan fingerprint density at radius 2 is 1.85 bits per heavy atom. The molecule has 0 atom stereocenters. The number of hydrogen-bond donors (Lipinski definition) is 0. The number of benzene rings is 2. The summed E-state index contributed by atoms with van der Waals surface area (Å²) in [6.07, 6.45) is 1.70. The van der Waals surface area contributed by atoms with Crippen molar-refractivity contribution in [3.8, 4) is 11.6 Å². The number of halogens is 2. The first kappa shape index (κ1) is 22.6. The molecule has 0 saturated carbocycles. The van der Waals surface area contributed by atoms with Crippen LogP contribution >= 0.6 is 23.2 Å². The van der Waals surface area contributed by atoms with Gasteiger partial charge in [0, 0.05) is 37.9 Å². The third-order valence-corrected chi connectivity index (χ3v) is 6.97. The number of methoxy groups -OCH3 is 1. The third kappa shape index (κ3) is 4.08. The average Bonchev–Trinajstić information content (AvgIpc) is 3.41. The van der Waals surface area contributed by atoms with Crippen LogP contribution in [0.25, 0.3) is 16.9 Å². The van der Waals surface area contributed by atoms with Gasteiger partial charge in [0.05, 0.1) is 28.9 Å². The molecule has 1 saturated heterocycles. The molecular weight excluding hydrogens is 475 g/mol. The Hall–Kier alpha value is -3.23. The van der Waals surface area contributed by atoms with Crippen molar-refractivity contribution in [3.63, 3.8) is 0 Å². The summed E-state index contributed by atoms with van der Waals surface area (Å²) in [7, 11) is 1.60. The molecule has 2 aromatic heterocycles. The number of aromatic nitrogens is 4. The van der Waals surface area contributed by atoms with Crippen molar-refractivity contribution in [1.29, 1.82) is 0 Å². The van der Waals surface area contributed by atoms with E-state index in [2.05, 4.69) is 15.0 Å². The van der Waals surface area contributed by atoms with Crippen molar-refractivity contribution in [1.82, 2.24) is 24.2 Å². The molecule has 0 bridgehead atoms. The molecule has 1 amide bonds. The summed E-state index contributed by atoms with van der Waals surface area (Å²) in [4.78, 5) is 21.6. The molecule has 0 aliphatic carbocycles. The van der Waals surface area contributed by atoms with Crippen LogP contribution in [0.4, 0.5) is 5.69 Å². The number of para-hydroxylation sites is 2. The zero-order valence-electron chi connectivity index (χ0n) is 18.9. The molecule has 1 aliphatic heterocycles. The van der Waals surface area contributed by atoms with E-state index >= 15 is 0 Å². The first-order valence-electron chi connectivity index (χ1n) is 11.0. The van der Waals surface area contributed by atoms with Gasteiger partial charge in [0.1, 0.15) is 23.6 Å². The molecule has 5 rings (SSSR count). The summed E-state index contributed by atoms with van der Waals surface area (Å²) < 4.78 is 8.85. The summed E-state index contributed by atoms with van der Waals surface area (Å²) in [5.41, 5.74) is 3.54. The number of nitrogens with zero attached hydrogens (tertiary/aromatic N) is 6. The molecule has 3 heterocycles. The maximum atomic E-state index is 13.1. The van der Waals surface area contributed by atoms with Crippen LogP contribution in [0.2, 0.25) is 10.0 Å². The molecule has 0 N–H and O–H groups in total. The summed E-state index contributed by atoms with van der Waals surface area (Å²) in [5.74, 6) is 1.23. The molecule has 1 fully saturated rings. The molecule has 176 valence electrons. The fraction of sp³-hybridized carbons (Fsp3) is 0.292. The van der Waals surface area contributed by atoms with Gasteiger partial charge in [-0.25, -0.2) is 4.98 Å². The number of amides is 1. The highest BCUT2D eigenvalue weighted by Gasteiger charge is 2.24. The lowest BCUT2D eigenvalue weighted by Gasteiger charge is -2.36. The minimum Gasteiger partial charge on any atom is -0.495 e. The second-order valence-electron chi connectivity index (χ2n) is 8.17. The van der Waals surface area contributed by atoms with Crippen molar-refractivity contribution in [2.45, 2.75) is 13.5 Å². The van der Waals surface area contributed by atoms with E-state index in [-0.39, 0.29) is 12.5 Å². The van der Waals surface area contributed by atoms with Gasteiger partial charge in [0.15, 0.2) is 5.82 Å². The monoisotopic (exact) mass is 498 g/mol. The normalized spacial score (nSPS) is 14.1. The molecule has 10 heteroatoms. The van der Waals surface area contributed by atoms with Crippen LogP contribution in [0, 0.1) is 6.92 Å². The van der Waals surface area contributed by atoms with Crippen molar-refractivity contribution in [2.75, 3.05) is 38.2 Å². The fourth-order valence-electron chi connectivity index (χ4n) is 4.23. The van der Waals surface area contributed by atoms with E-state index < -0.39 is 0 Å². The quantitative estimate of drug-likeness (QED) is 0.412. The van der Waals surface area contributed by atoms with Crippen molar-refractivity contribution >= 4 is 45.8 Å². The van der Waals surface area contributed by atoms with E-state index in [0.717, 1.165) is 35.5 Å². The van der Waals surface area contributed by atoms with Crippen molar-refractivity contribution < 1.29 is 9.53 Å². The maximum absolute atomic E-state index is 13.1. The average molecular weight is 499 g/mol. The van der Waals surface area contributed by atoms with E-state index in [4.69, 9.17) is 27.9 Å². The van der Waals surface area contributed by atoms with Gasteiger partial charge in [0.2, 0.25) is 5.91 Å². The highest BCUT2D eigenvalue weighted by Crippen LogP contribution is 2.30. The highest BCUT2D eigenvalue weighted by molar-refractivity contribution is 6.33. The van der Waals surface area contributed by atoms with Crippen molar-refractivity contribution in [3.05, 3.63) is 64.5 Å². The summed E-state index contributed by atoms with van der Waals surface area (Å²) in [5, 5.41) is 5.74. The maximum Gasteiger partial charge on any atom is 0.244 e. The molecule has 0 radical (unpaired) electrons. The lowest BCUT2D eigenvalue weighted by molar-refractivity contribution is -0.132. The summed E-state index contributed by atoms with van der Waals surface area (Å²) in [6.45, 7) is 4.70. The SMILES string of the molecule is COc1cc(N2CCN(C(=O)Cn3nc(-n4cnc5ccccc54)c(Cl)c3C)CC2)ccc1Cl. The Bertz CT molecular complexity index is 1360. The lowest BCUT2D eigenvalue weighted by Crippen LogP contribution is -2.49. The van der Waals surface area contributed by atoms with Gasteiger partial charge < -0.3 is 14.5 Å². The fourth-order valence-corrected chi connectivity index (χ4v) is 4.65. The van der Waals surface area contributed by atoms with Gasteiger partial charge in [-0.1, -0.05) is 35.3 Å². The van der Waals surface area contributed by atoms with E-state index in [1.807, 2.05) is 58.9 Å². The first-order chi connectivity index (χ1) is 16.5. The van der Waals surface area contributed by atoms with Gasteiger partial charge in [-0.05, 0) is 31.2 Å². The van der Waals surface area contributed by atoms with Gasteiger partial charge >= 0.3 is 0 Å². The number of hydrogen-bond acceptors (Lipinski definition) is 5. The van der Waals surface area contributed by atoms with Crippen LogP contribution in [0.5, 0.6) is 5.75 Å². The standard InChI is InChI=1S/C24H24Cl2N6O2/c1-16-23(26)24(31-15-27-19-5-3-4-6-20(19)31)28-32(16)14-22(33)30-11-9-29(10-12-30)17-7-8-18(25)21(13-17)34-2/h3-8,13,15H,9-12,14H2,1-2H3. The lowest BCUT2D eigenvalue weighted by atomic mass is 10.2. The Morgan fingerprint density at radius 3 is 2.62 bits per heavy atom. The second kappa shape index (κ2) is 9.19. The number of carbonyl (C=O) groups is 1. The largest absolute Gasteiger partial charge is 0.495 e. The molecule has 34 heavy (non-hydrogen) atoms. The Morgan fingerprint density at radius 1 is 1.09 bits per heavy atom. The summed E-state index contributed by atoms with van der Waals surface area (Å²) in [6, 6.07) is 13.5. The van der Waals surface area contributed by atoms with E-state index in [1.54, 1.807) is 18.1 Å². The van der Waals surface area contributed by atoms with Gasteiger partial charge in [-0.3, -0.25) is 14.0 Å². The third-order valence-electron chi connectivity index (χ3n) is 6.22. The van der Waals surface area contributed by atoms with Crippen LogP contribution in [-0.4, -0.2) is 63.4 Å². The number of fused-ring (bicyclic) bond motifs is 1. The second-order valence-corrected chi connectivity index (χ2v) is 8.96. The number of imidazole rings is 1. The van der Waals surface area contributed by atoms with Crippen LogP contribution in [0.3, 0.4) is 0 Å². The predicted molar refractivity (Wildman–Crippen MR) is 133 cm³/mol. The number of piperazine rings is 1. The van der Waals surface area contributed by atoms with Gasteiger partial charge in [-0.2, -0.15) is 5.10 Å². The minimum atomic E-state index is 0.0117. The topological polar surface area (TPSA) is 68.4 Å². The van der Waals surface area contributed by atoms with E-state index in [9.17, 15) is 4.79 Å². The molecule has 0 spiro atoms. The molecule has 0 unspecified atom stereocenters. The number of ether oxygens (including phenoxy) is 1. The van der Waals surface area contributed by atoms with E-state index in [0.29, 0.717) is 34.7 Å². The number of rotatable bonds is 5. The minimum absolute atomic E-state index is 0.0117. The van der Waals surface area contributed by atoms with Crippen LogP contribution in [-0.2, 0) is 11.3 Å². The zero-order valence-corrected chi connectivity index (χ0v) is 20.4. The summed E-state index contributed by atoms with van der Waals surface area (Å²) >= 11 is 12.8. The number of anilines is 1. The Balaban J connectivity index is 1.28. The van der Waals surface area contributed by atoms with E-state index in [1.165, 1.54) is 0 Å². The zero-order chi connectivity index (χ0) is 23.8. The highest BCUT2D eigenvalue weighted by atomic mass is 35.5. The van der Waals surface area contributed by atoms with Gasteiger partial charge in [-0.15, -0.1) is 0 Å². The van der Waals surface area contributed by atoms with Crippen LogP contribution in [0.1, 0.15) is 5.69 Å². The van der Waals surface area contributed by atoms with Crippen molar-refractivity contribution in [2.24, 2.45) is 0 Å². The predicted octanol–water partition coefficient (Wildman–Crippen LogP) is 4.19. The smallest absolute Gasteiger partial charge is 0.244 e.